The molecular weight excluding hydrogens is 184 g/mol. The molecule has 0 aromatic rings. The van der Waals surface area contributed by atoms with E-state index in [0.717, 1.165) is 5.57 Å². The second kappa shape index (κ2) is 4.26. The van der Waals surface area contributed by atoms with E-state index in [-0.39, 0.29) is 18.4 Å². The van der Waals surface area contributed by atoms with E-state index in [4.69, 9.17) is 9.47 Å². The Morgan fingerprint density at radius 1 is 1.64 bits per heavy atom. The molecule has 1 unspecified atom stereocenters. The summed E-state index contributed by atoms with van der Waals surface area (Å²) in [4.78, 5) is 22.5. The Labute approximate surface area is 82.9 Å². The molecule has 0 N–H and O–H groups in total. The average Bonchev–Trinajstić information content (AvgIpc) is 2.01. The van der Waals surface area contributed by atoms with Crippen molar-refractivity contribution in [2.45, 2.75) is 33.3 Å². The Balaban J connectivity index is 2.88. The molecule has 0 aliphatic carbocycles. The van der Waals surface area contributed by atoms with Crippen molar-refractivity contribution in [3.8, 4) is 0 Å². The molecule has 4 heteroatoms. The molecule has 78 valence electrons. The fourth-order valence-electron chi connectivity index (χ4n) is 1.51. The van der Waals surface area contributed by atoms with Crippen molar-refractivity contribution >= 4 is 11.9 Å². The summed E-state index contributed by atoms with van der Waals surface area (Å²) in [5, 5.41) is 0. The average molecular weight is 198 g/mol. The number of carbonyl (C=O) groups is 2. The predicted octanol–water partition coefficient (Wildman–Crippen LogP) is 1.20. The smallest absolute Gasteiger partial charge is 0.337 e. The van der Waals surface area contributed by atoms with E-state index in [1.165, 1.54) is 0 Å². The SMILES string of the molecule is CCOC(=O)C1=C(C)CC(=O)OC1C. The molecule has 4 nitrogen and oxygen atoms in total. The van der Waals surface area contributed by atoms with Gasteiger partial charge in [-0.05, 0) is 26.3 Å². The first-order chi connectivity index (χ1) is 6.56. The highest BCUT2D eigenvalue weighted by Gasteiger charge is 2.29. The number of rotatable bonds is 2. The summed E-state index contributed by atoms with van der Waals surface area (Å²) in [6, 6.07) is 0. The summed E-state index contributed by atoms with van der Waals surface area (Å²) < 4.78 is 9.81. The van der Waals surface area contributed by atoms with Crippen LogP contribution in [0.2, 0.25) is 0 Å². The monoisotopic (exact) mass is 198 g/mol. The molecule has 1 aliphatic heterocycles. The van der Waals surface area contributed by atoms with Crippen LogP contribution in [0, 0.1) is 0 Å². The van der Waals surface area contributed by atoms with Gasteiger partial charge in [0.15, 0.2) is 0 Å². The Morgan fingerprint density at radius 2 is 2.29 bits per heavy atom. The van der Waals surface area contributed by atoms with Crippen molar-refractivity contribution < 1.29 is 19.1 Å². The standard InChI is InChI=1S/C10H14O4/c1-4-13-10(12)9-6(2)5-8(11)14-7(9)3/h7H,4-5H2,1-3H3. The van der Waals surface area contributed by atoms with Crippen LogP contribution < -0.4 is 0 Å². The first-order valence-electron chi connectivity index (χ1n) is 4.62. The van der Waals surface area contributed by atoms with Gasteiger partial charge in [-0.3, -0.25) is 4.79 Å². The van der Waals surface area contributed by atoms with Gasteiger partial charge in [0, 0.05) is 0 Å². The fourth-order valence-corrected chi connectivity index (χ4v) is 1.51. The molecule has 1 aliphatic rings. The summed E-state index contributed by atoms with van der Waals surface area (Å²) >= 11 is 0. The molecule has 0 saturated carbocycles. The molecule has 0 radical (unpaired) electrons. The third-order valence-electron chi connectivity index (χ3n) is 2.08. The van der Waals surface area contributed by atoms with Crippen LogP contribution in [0.1, 0.15) is 27.2 Å². The molecule has 0 spiro atoms. The molecule has 1 heterocycles. The zero-order valence-corrected chi connectivity index (χ0v) is 8.62. The molecule has 0 bridgehead atoms. The lowest BCUT2D eigenvalue weighted by Crippen LogP contribution is -2.29. The minimum Gasteiger partial charge on any atom is -0.463 e. The minimum atomic E-state index is -0.490. The summed E-state index contributed by atoms with van der Waals surface area (Å²) in [7, 11) is 0. The summed E-state index contributed by atoms with van der Waals surface area (Å²) in [5.41, 5.74) is 1.22. The molecule has 0 aromatic heterocycles. The maximum absolute atomic E-state index is 11.5. The van der Waals surface area contributed by atoms with E-state index in [1.807, 2.05) is 0 Å². The first kappa shape index (κ1) is 10.8. The van der Waals surface area contributed by atoms with E-state index in [0.29, 0.717) is 12.2 Å². The molecule has 0 aromatic carbocycles. The van der Waals surface area contributed by atoms with Gasteiger partial charge in [-0.1, -0.05) is 0 Å². The van der Waals surface area contributed by atoms with Crippen molar-refractivity contribution in [3.63, 3.8) is 0 Å². The van der Waals surface area contributed by atoms with Crippen LogP contribution in [0.5, 0.6) is 0 Å². The lowest BCUT2D eigenvalue weighted by molar-refractivity contribution is -0.150. The van der Waals surface area contributed by atoms with Gasteiger partial charge in [-0.25, -0.2) is 4.79 Å². The molecule has 14 heavy (non-hydrogen) atoms. The summed E-state index contributed by atoms with van der Waals surface area (Å²) in [6.07, 6.45) is -0.311. The molecular formula is C10H14O4. The van der Waals surface area contributed by atoms with E-state index in [1.54, 1.807) is 20.8 Å². The van der Waals surface area contributed by atoms with Gasteiger partial charge in [-0.2, -0.15) is 0 Å². The van der Waals surface area contributed by atoms with Crippen molar-refractivity contribution in [2.75, 3.05) is 6.61 Å². The quantitative estimate of drug-likeness (QED) is 0.625. The van der Waals surface area contributed by atoms with Crippen LogP contribution in [-0.2, 0) is 19.1 Å². The zero-order valence-electron chi connectivity index (χ0n) is 8.62. The van der Waals surface area contributed by atoms with Gasteiger partial charge < -0.3 is 9.47 Å². The number of hydrogen-bond acceptors (Lipinski definition) is 4. The topological polar surface area (TPSA) is 52.6 Å². The second-order valence-corrected chi connectivity index (χ2v) is 3.22. The maximum atomic E-state index is 11.5. The van der Waals surface area contributed by atoms with Crippen molar-refractivity contribution in [1.29, 1.82) is 0 Å². The molecule has 0 saturated heterocycles. The van der Waals surface area contributed by atoms with Crippen molar-refractivity contribution in [1.82, 2.24) is 0 Å². The van der Waals surface area contributed by atoms with Crippen molar-refractivity contribution in [3.05, 3.63) is 11.1 Å². The van der Waals surface area contributed by atoms with Crippen LogP contribution in [0.15, 0.2) is 11.1 Å². The highest BCUT2D eigenvalue weighted by atomic mass is 16.6. The third-order valence-corrected chi connectivity index (χ3v) is 2.08. The van der Waals surface area contributed by atoms with Gasteiger partial charge in [0.2, 0.25) is 0 Å². The third kappa shape index (κ3) is 2.13. The minimum absolute atomic E-state index is 0.179. The van der Waals surface area contributed by atoms with Gasteiger partial charge in [0.25, 0.3) is 0 Å². The number of ether oxygens (including phenoxy) is 2. The summed E-state index contributed by atoms with van der Waals surface area (Å²) in [6.45, 7) is 5.50. The van der Waals surface area contributed by atoms with Crippen LogP contribution in [0.4, 0.5) is 0 Å². The largest absolute Gasteiger partial charge is 0.463 e. The fraction of sp³-hybridized carbons (Fsp3) is 0.600. The Kier molecular flexibility index (Phi) is 3.28. The van der Waals surface area contributed by atoms with Gasteiger partial charge in [0.1, 0.15) is 6.10 Å². The number of cyclic esters (lactones) is 1. The Bertz CT molecular complexity index is 290. The predicted molar refractivity (Wildman–Crippen MR) is 49.5 cm³/mol. The number of hydrogen-bond donors (Lipinski definition) is 0. The lowest BCUT2D eigenvalue weighted by atomic mass is 10.00. The molecule has 1 atom stereocenters. The highest BCUT2D eigenvalue weighted by molar-refractivity contribution is 5.93. The highest BCUT2D eigenvalue weighted by Crippen LogP contribution is 2.22. The number of carbonyl (C=O) groups excluding carboxylic acids is 2. The van der Waals surface area contributed by atoms with Crippen LogP contribution in [0.3, 0.4) is 0 Å². The molecule has 0 fully saturated rings. The van der Waals surface area contributed by atoms with Gasteiger partial charge >= 0.3 is 11.9 Å². The van der Waals surface area contributed by atoms with Crippen LogP contribution in [-0.4, -0.2) is 24.6 Å². The lowest BCUT2D eigenvalue weighted by Gasteiger charge is -2.22. The van der Waals surface area contributed by atoms with Gasteiger partial charge in [0.05, 0.1) is 18.6 Å². The van der Waals surface area contributed by atoms with Crippen LogP contribution in [0.25, 0.3) is 0 Å². The molecule has 0 amide bonds. The normalized spacial score (nSPS) is 21.9. The summed E-state index contributed by atoms with van der Waals surface area (Å²) in [5.74, 6) is -0.673. The van der Waals surface area contributed by atoms with E-state index < -0.39 is 6.10 Å². The first-order valence-corrected chi connectivity index (χ1v) is 4.62. The molecule has 1 rings (SSSR count). The second-order valence-electron chi connectivity index (χ2n) is 3.22. The number of esters is 2. The Hall–Kier alpha value is -1.32. The maximum Gasteiger partial charge on any atom is 0.337 e. The van der Waals surface area contributed by atoms with E-state index in [2.05, 4.69) is 0 Å². The zero-order chi connectivity index (χ0) is 10.7. The van der Waals surface area contributed by atoms with E-state index >= 15 is 0 Å². The van der Waals surface area contributed by atoms with Gasteiger partial charge in [-0.15, -0.1) is 0 Å². The van der Waals surface area contributed by atoms with Crippen LogP contribution >= 0.6 is 0 Å². The Morgan fingerprint density at radius 3 is 2.79 bits per heavy atom. The van der Waals surface area contributed by atoms with E-state index in [9.17, 15) is 9.59 Å². The van der Waals surface area contributed by atoms with Crippen molar-refractivity contribution in [2.24, 2.45) is 0 Å².